The van der Waals surface area contributed by atoms with Gasteiger partial charge in [-0.05, 0) is 61.7 Å². The molecule has 2 aromatic carbocycles. The largest absolute Gasteiger partial charge is 0.455 e. The van der Waals surface area contributed by atoms with Gasteiger partial charge in [0.05, 0.1) is 40.0 Å². The quantitative estimate of drug-likeness (QED) is 0.256. The van der Waals surface area contributed by atoms with Crippen LogP contribution in [-0.2, 0) is 32.1 Å². The third kappa shape index (κ3) is 8.89. The van der Waals surface area contributed by atoms with Crippen LogP contribution < -0.4 is 20.7 Å². The minimum absolute atomic E-state index is 0.0767. The van der Waals surface area contributed by atoms with E-state index in [1.807, 2.05) is 30.3 Å². The molecule has 0 spiro atoms. The molecule has 1 saturated heterocycles. The number of anilines is 1. The molecule has 0 radical (unpaired) electrons. The second-order valence-corrected chi connectivity index (χ2v) is 11.1. The molecule has 0 aliphatic carbocycles. The van der Waals surface area contributed by atoms with Crippen LogP contribution in [0.1, 0.15) is 29.8 Å². The molecule has 1 fully saturated rings. The molecule has 3 aromatic rings. The Bertz CT molecular complexity index is 1460. The standard InChI is InChI=1S/C16H21N5O3.C13H10OS.C2H4F2O/c22-10-17-9-15(23)21-7-1-2-14(21)16(24)19-8-11-3-4-12-13(20-11)5-6-18-12;1-9-6-7-13-11(8-9)14-10-4-2-3-5-12(10)15-13;1-5-2(3)4/h3-4,10,14,18H,1-2,5-9H2,(H,17,22)(H,19,24);2-8H,1H3;2H,1H3. The Balaban J connectivity index is 0.000000187. The van der Waals surface area contributed by atoms with Crippen molar-refractivity contribution in [3.63, 3.8) is 0 Å². The van der Waals surface area contributed by atoms with E-state index in [0.717, 1.165) is 55.1 Å². The first-order valence-electron chi connectivity index (χ1n) is 14.1. The predicted octanol–water partition coefficient (Wildman–Crippen LogP) is 4.51. The molecule has 0 saturated carbocycles. The Morgan fingerprint density at radius 1 is 1.18 bits per heavy atom. The van der Waals surface area contributed by atoms with Gasteiger partial charge in [0, 0.05) is 26.6 Å². The normalized spacial score (nSPS) is 15.6. The third-order valence-corrected chi connectivity index (χ3v) is 8.05. The maximum absolute atomic E-state index is 12.4. The lowest BCUT2D eigenvalue weighted by atomic mass is 10.2. The van der Waals surface area contributed by atoms with Crippen molar-refractivity contribution in [1.82, 2.24) is 20.5 Å². The van der Waals surface area contributed by atoms with Crippen LogP contribution in [0.15, 0.2) is 64.4 Å². The molecule has 3 amide bonds. The molecule has 1 unspecified atom stereocenters. The zero-order chi connectivity index (χ0) is 31.5. The Morgan fingerprint density at radius 2 is 1.95 bits per heavy atom. The number of methoxy groups -OCH3 is 1. The van der Waals surface area contributed by atoms with Gasteiger partial charge in [0.25, 0.3) is 0 Å². The third-order valence-electron chi connectivity index (χ3n) is 6.93. The lowest BCUT2D eigenvalue weighted by molar-refractivity contribution is -0.138. The van der Waals surface area contributed by atoms with Crippen molar-refractivity contribution in [2.75, 3.05) is 32.1 Å². The Kier molecular flexibility index (Phi) is 11.9. The SMILES string of the molecule is COC(F)F.Cc1ccc2c(c1)Oc1ccccc1S2.O=CNCC(=O)N1CCCC1C(=O)NCc1ccc2c(n1)CCN2. The van der Waals surface area contributed by atoms with Crippen molar-refractivity contribution in [2.45, 2.75) is 55.2 Å². The van der Waals surface area contributed by atoms with Gasteiger partial charge in [-0.3, -0.25) is 19.4 Å². The highest BCUT2D eigenvalue weighted by molar-refractivity contribution is 7.99. The van der Waals surface area contributed by atoms with E-state index >= 15 is 0 Å². The van der Waals surface area contributed by atoms with Gasteiger partial charge in [-0.2, -0.15) is 8.78 Å². The summed E-state index contributed by atoms with van der Waals surface area (Å²) in [4.78, 5) is 43.2. The van der Waals surface area contributed by atoms with Crippen LogP contribution in [0, 0.1) is 6.92 Å². The van der Waals surface area contributed by atoms with Gasteiger partial charge >= 0.3 is 6.61 Å². The van der Waals surface area contributed by atoms with Crippen LogP contribution in [0.2, 0.25) is 0 Å². The van der Waals surface area contributed by atoms with Crippen molar-refractivity contribution in [3.8, 4) is 11.5 Å². The van der Waals surface area contributed by atoms with Crippen LogP contribution in [0.5, 0.6) is 11.5 Å². The number of carbonyl (C=O) groups excluding carboxylic acids is 3. The molecular formula is C31H35F2N5O5S. The number of nitrogens with zero attached hydrogens (tertiary/aromatic N) is 2. The monoisotopic (exact) mass is 627 g/mol. The van der Waals surface area contributed by atoms with Gasteiger partial charge in [0.15, 0.2) is 0 Å². The van der Waals surface area contributed by atoms with E-state index in [1.165, 1.54) is 20.3 Å². The number of ether oxygens (including phenoxy) is 2. The van der Waals surface area contributed by atoms with Gasteiger partial charge < -0.3 is 30.3 Å². The number of fused-ring (bicyclic) bond motifs is 3. The number of amides is 3. The Labute approximate surface area is 258 Å². The molecule has 3 aliphatic heterocycles. The second-order valence-electron chi connectivity index (χ2n) is 10.0. The van der Waals surface area contributed by atoms with Crippen molar-refractivity contribution in [3.05, 3.63) is 71.5 Å². The summed E-state index contributed by atoms with van der Waals surface area (Å²) < 4.78 is 30.3. The molecule has 13 heteroatoms. The highest BCUT2D eigenvalue weighted by Gasteiger charge is 2.33. The molecule has 6 rings (SSSR count). The number of aryl methyl sites for hydroxylation is 1. The molecular weight excluding hydrogens is 592 g/mol. The fourth-order valence-electron chi connectivity index (χ4n) is 4.81. The fourth-order valence-corrected chi connectivity index (χ4v) is 5.74. The highest BCUT2D eigenvalue weighted by atomic mass is 32.2. The number of hydrogen-bond acceptors (Lipinski definition) is 8. The topological polar surface area (TPSA) is 122 Å². The van der Waals surface area contributed by atoms with E-state index in [0.29, 0.717) is 25.9 Å². The number of aromatic nitrogens is 1. The van der Waals surface area contributed by atoms with Gasteiger partial charge in [-0.15, -0.1) is 0 Å². The van der Waals surface area contributed by atoms with Gasteiger partial charge in [-0.1, -0.05) is 30.0 Å². The van der Waals surface area contributed by atoms with E-state index in [9.17, 15) is 23.2 Å². The number of alkyl halides is 2. The van der Waals surface area contributed by atoms with Crippen molar-refractivity contribution < 1.29 is 32.6 Å². The van der Waals surface area contributed by atoms with Crippen LogP contribution >= 0.6 is 11.8 Å². The first-order chi connectivity index (χ1) is 21.3. The summed E-state index contributed by atoms with van der Waals surface area (Å²) in [5.74, 6) is 1.52. The van der Waals surface area contributed by atoms with E-state index in [2.05, 4.69) is 56.9 Å². The number of hydrogen-bond donors (Lipinski definition) is 3. The van der Waals surface area contributed by atoms with E-state index in [1.54, 1.807) is 11.8 Å². The molecule has 234 valence electrons. The first-order valence-corrected chi connectivity index (χ1v) is 14.9. The zero-order valence-corrected chi connectivity index (χ0v) is 25.3. The summed E-state index contributed by atoms with van der Waals surface area (Å²) in [6.07, 6.45) is 2.80. The molecule has 1 atom stereocenters. The zero-order valence-electron chi connectivity index (χ0n) is 24.5. The van der Waals surface area contributed by atoms with E-state index in [-0.39, 0.29) is 18.4 Å². The summed E-state index contributed by atoms with van der Waals surface area (Å²) in [5, 5.41) is 8.46. The van der Waals surface area contributed by atoms with Crippen molar-refractivity contribution in [1.29, 1.82) is 0 Å². The van der Waals surface area contributed by atoms with Crippen LogP contribution in [0.3, 0.4) is 0 Å². The molecule has 44 heavy (non-hydrogen) atoms. The molecule has 3 aliphatic rings. The van der Waals surface area contributed by atoms with Crippen molar-refractivity contribution in [2.24, 2.45) is 0 Å². The number of halogens is 2. The Hall–Kier alpha value is -4.23. The molecule has 4 heterocycles. The summed E-state index contributed by atoms with van der Waals surface area (Å²) in [7, 11) is 0.949. The highest BCUT2D eigenvalue weighted by Crippen LogP contribution is 2.46. The molecule has 0 bridgehead atoms. The summed E-state index contributed by atoms with van der Waals surface area (Å²) in [5.41, 5.74) is 4.12. The number of para-hydroxylation sites is 1. The first kappa shape index (κ1) is 32.7. The van der Waals surface area contributed by atoms with Crippen LogP contribution in [0.25, 0.3) is 0 Å². The van der Waals surface area contributed by atoms with Gasteiger partial charge in [0.2, 0.25) is 18.2 Å². The van der Waals surface area contributed by atoms with E-state index in [4.69, 9.17) is 4.74 Å². The second kappa shape index (κ2) is 16.0. The van der Waals surface area contributed by atoms with Gasteiger partial charge in [0.1, 0.15) is 17.5 Å². The predicted molar refractivity (Wildman–Crippen MR) is 162 cm³/mol. The maximum Gasteiger partial charge on any atom is 0.345 e. The lowest BCUT2D eigenvalue weighted by Gasteiger charge is -2.23. The number of carbonyl (C=O) groups is 3. The average Bonchev–Trinajstić information content (AvgIpc) is 3.72. The average molecular weight is 628 g/mol. The molecule has 1 aromatic heterocycles. The summed E-state index contributed by atoms with van der Waals surface area (Å²) in [6.45, 7) is 1.17. The minimum atomic E-state index is -2.62. The minimum Gasteiger partial charge on any atom is -0.455 e. The lowest BCUT2D eigenvalue weighted by Crippen LogP contribution is -2.48. The molecule has 10 nitrogen and oxygen atoms in total. The smallest absolute Gasteiger partial charge is 0.345 e. The number of benzene rings is 2. The van der Waals surface area contributed by atoms with Crippen LogP contribution in [0.4, 0.5) is 14.5 Å². The Morgan fingerprint density at radius 3 is 2.73 bits per heavy atom. The number of nitrogens with one attached hydrogen (secondary N) is 3. The summed E-state index contributed by atoms with van der Waals surface area (Å²) >= 11 is 1.77. The summed E-state index contributed by atoms with van der Waals surface area (Å²) in [6, 6.07) is 17.8. The van der Waals surface area contributed by atoms with Gasteiger partial charge in [-0.25, -0.2) is 0 Å². The number of rotatable bonds is 7. The van der Waals surface area contributed by atoms with Crippen molar-refractivity contribution >= 4 is 35.7 Å². The number of likely N-dealkylation sites (tertiary alicyclic amines) is 1. The molecule has 3 N–H and O–H groups in total. The number of pyridine rings is 1. The maximum atomic E-state index is 12.4. The fraction of sp³-hybridized carbons (Fsp3) is 0.355. The van der Waals surface area contributed by atoms with E-state index < -0.39 is 12.7 Å². The van der Waals surface area contributed by atoms with Crippen LogP contribution in [-0.4, -0.2) is 67.5 Å².